The summed E-state index contributed by atoms with van der Waals surface area (Å²) in [5.41, 5.74) is 1.47. The number of hydrogen-bond donors (Lipinski definition) is 0. The topological polar surface area (TPSA) is 68.3 Å². The minimum absolute atomic E-state index is 0.168. The van der Waals surface area contributed by atoms with Crippen LogP contribution in [0.15, 0.2) is 42.1 Å². The van der Waals surface area contributed by atoms with Crippen LogP contribution in [0, 0.1) is 3.57 Å². The number of amides is 1. The van der Waals surface area contributed by atoms with Crippen LogP contribution in [0.5, 0.6) is 11.5 Å². The van der Waals surface area contributed by atoms with Crippen LogP contribution < -0.4 is 14.4 Å². The molecule has 0 spiro atoms. The molecule has 0 radical (unpaired) electrons. The first-order chi connectivity index (χ1) is 15.3. The fourth-order valence-corrected chi connectivity index (χ4v) is 4.37. The molecule has 7 nitrogen and oxygen atoms in total. The van der Waals surface area contributed by atoms with Crippen LogP contribution in [-0.4, -0.2) is 49.3 Å². The van der Waals surface area contributed by atoms with E-state index in [1.54, 1.807) is 43.5 Å². The van der Waals surface area contributed by atoms with Gasteiger partial charge in [0.1, 0.15) is 12.2 Å². The number of ether oxygens (including phenoxy) is 3. The van der Waals surface area contributed by atoms with Gasteiger partial charge in [-0.1, -0.05) is 11.6 Å². The Bertz CT molecular complexity index is 1090. The highest BCUT2D eigenvalue weighted by atomic mass is 127. The summed E-state index contributed by atoms with van der Waals surface area (Å²) in [6.07, 6.45) is 1.66. The highest BCUT2D eigenvalue weighted by Crippen LogP contribution is 2.36. The van der Waals surface area contributed by atoms with Crippen molar-refractivity contribution in [3.63, 3.8) is 0 Å². The van der Waals surface area contributed by atoms with Crippen LogP contribution in [0.25, 0.3) is 6.08 Å². The van der Waals surface area contributed by atoms with Crippen molar-refractivity contribution in [1.29, 1.82) is 0 Å². The molecule has 1 fully saturated rings. The van der Waals surface area contributed by atoms with Crippen molar-refractivity contribution in [2.45, 2.75) is 6.92 Å². The van der Waals surface area contributed by atoms with Gasteiger partial charge in [-0.2, -0.15) is 0 Å². The molecule has 10 heteroatoms. The van der Waals surface area contributed by atoms with E-state index in [1.807, 2.05) is 13.0 Å². The Kier molecular flexibility index (Phi) is 7.96. The number of benzene rings is 2. The normalized spacial score (nSPS) is 14.8. The fraction of sp³-hybridized carbons (Fsp3) is 0.227. The van der Waals surface area contributed by atoms with E-state index in [1.165, 1.54) is 16.9 Å². The van der Waals surface area contributed by atoms with Gasteiger partial charge < -0.3 is 19.1 Å². The Morgan fingerprint density at radius 1 is 1.22 bits per heavy atom. The minimum Gasteiger partial charge on any atom is -0.493 e. The highest BCUT2D eigenvalue weighted by Gasteiger charge is 2.40. The van der Waals surface area contributed by atoms with Gasteiger partial charge in [0.15, 0.2) is 16.6 Å². The van der Waals surface area contributed by atoms with Crippen molar-refractivity contribution in [2.24, 2.45) is 0 Å². The van der Waals surface area contributed by atoms with Crippen molar-refractivity contribution >= 4 is 75.2 Å². The Morgan fingerprint density at radius 3 is 2.50 bits per heavy atom. The summed E-state index contributed by atoms with van der Waals surface area (Å²) in [4.78, 5) is 28.2. The molecule has 0 bridgehead atoms. The van der Waals surface area contributed by atoms with Crippen LogP contribution in [0.2, 0.25) is 5.02 Å². The van der Waals surface area contributed by atoms with Gasteiger partial charge in [0.05, 0.1) is 30.1 Å². The second-order valence-electron chi connectivity index (χ2n) is 6.56. The van der Waals surface area contributed by atoms with Gasteiger partial charge in [0, 0.05) is 5.02 Å². The Balaban J connectivity index is 2.08. The lowest BCUT2D eigenvalue weighted by molar-refractivity contribution is -0.140. The first kappa shape index (κ1) is 24.3. The molecular weight excluding hydrogens is 567 g/mol. The van der Waals surface area contributed by atoms with Crippen LogP contribution in [-0.2, 0) is 14.3 Å². The van der Waals surface area contributed by atoms with Gasteiger partial charge in [0.2, 0.25) is 0 Å². The lowest BCUT2D eigenvalue weighted by atomic mass is 10.1. The molecule has 3 rings (SSSR count). The van der Waals surface area contributed by atoms with E-state index in [0.717, 1.165) is 3.57 Å². The SMILES string of the molecule is CCOc1c(I)cc(/C=C2/C(=O)N(c3ccc(Cl)cc3)C(=S)N2CC(=O)OC)cc1OC. The fourth-order valence-electron chi connectivity index (χ4n) is 3.11. The Morgan fingerprint density at radius 2 is 1.91 bits per heavy atom. The number of thiocarbonyl (C=S) groups is 1. The number of anilines is 1. The molecular formula is C22H20ClIN2O5S. The zero-order chi connectivity index (χ0) is 23.4. The third kappa shape index (κ3) is 5.00. The van der Waals surface area contributed by atoms with Crippen molar-refractivity contribution in [1.82, 2.24) is 4.90 Å². The van der Waals surface area contributed by atoms with Gasteiger partial charge in [0.25, 0.3) is 5.91 Å². The van der Waals surface area contributed by atoms with Crippen LogP contribution in [0.1, 0.15) is 12.5 Å². The molecule has 0 aromatic heterocycles. The summed E-state index contributed by atoms with van der Waals surface area (Å²) in [6.45, 7) is 2.17. The lowest BCUT2D eigenvalue weighted by Crippen LogP contribution is -2.35. The first-order valence-corrected chi connectivity index (χ1v) is 11.4. The predicted octanol–water partition coefficient (Wildman–Crippen LogP) is 4.50. The molecule has 2 aromatic carbocycles. The average molecular weight is 587 g/mol. The maximum Gasteiger partial charge on any atom is 0.325 e. The van der Waals surface area contributed by atoms with E-state index in [9.17, 15) is 9.59 Å². The maximum atomic E-state index is 13.4. The summed E-state index contributed by atoms with van der Waals surface area (Å²) >= 11 is 13.7. The summed E-state index contributed by atoms with van der Waals surface area (Å²) in [6, 6.07) is 10.3. The minimum atomic E-state index is -0.525. The van der Waals surface area contributed by atoms with Crippen LogP contribution in [0.4, 0.5) is 5.69 Å². The van der Waals surface area contributed by atoms with E-state index in [0.29, 0.717) is 34.4 Å². The second-order valence-corrected chi connectivity index (χ2v) is 8.52. The summed E-state index contributed by atoms with van der Waals surface area (Å²) in [5, 5.41) is 0.700. The van der Waals surface area contributed by atoms with Crippen molar-refractivity contribution in [3.05, 3.63) is 56.3 Å². The number of methoxy groups -OCH3 is 2. The standard InChI is InChI=1S/C22H20ClIN2O5S/c1-4-31-20-16(24)9-13(11-18(20)29-2)10-17-21(28)26(15-7-5-14(23)6-8-15)22(32)25(17)12-19(27)30-3/h5-11H,4,12H2,1-3H3/b17-10-. The van der Waals surface area contributed by atoms with Gasteiger partial charge in [-0.3, -0.25) is 14.5 Å². The summed E-state index contributed by atoms with van der Waals surface area (Å²) < 4.78 is 16.7. The monoisotopic (exact) mass is 586 g/mol. The zero-order valence-electron chi connectivity index (χ0n) is 17.6. The third-order valence-corrected chi connectivity index (χ3v) is 6.03. The predicted molar refractivity (Wildman–Crippen MR) is 135 cm³/mol. The molecule has 0 atom stereocenters. The summed E-state index contributed by atoms with van der Waals surface area (Å²) in [7, 11) is 2.83. The molecule has 0 unspecified atom stereocenters. The molecule has 0 aliphatic carbocycles. The average Bonchev–Trinajstić information content (AvgIpc) is 3.00. The van der Waals surface area contributed by atoms with Gasteiger partial charge in [-0.05, 0) is 89.8 Å². The lowest BCUT2D eigenvalue weighted by Gasteiger charge is -2.19. The smallest absolute Gasteiger partial charge is 0.325 e. The molecule has 1 saturated heterocycles. The largest absolute Gasteiger partial charge is 0.493 e. The molecule has 168 valence electrons. The number of carbonyl (C=O) groups excluding carboxylic acids is 2. The van der Waals surface area contributed by atoms with Crippen molar-refractivity contribution < 1.29 is 23.8 Å². The van der Waals surface area contributed by atoms with Crippen LogP contribution in [0.3, 0.4) is 0 Å². The van der Waals surface area contributed by atoms with E-state index in [4.69, 9.17) is 38.0 Å². The number of halogens is 2. The maximum absolute atomic E-state index is 13.4. The number of esters is 1. The molecule has 1 amide bonds. The van der Waals surface area contributed by atoms with Crippen molar-refractivity contribution in [2.75, 3.05) is 32.3 Å². The highest BCUT2D eigenvalue weighted by molar-refractivity contribution is 14.1. The Labute approximate surface area is 210 Å². The molecule has 32 heavy (non-hydrogen) atoms. The molecule has 0 saturated carbocycles. The quantitative estimate of drug-likeness (QED) is 0.205. The van der Waals surface area contributed by atoms with Crippen LogP contribution >= 0.6 is 46.4 Å². The second kappa shape index (κ2) is 10.5. The number of carbonyl (C=O) groups is 2. The first-order valence-electron chi connectivity index (χ1n) is 9.51. The van der Waals surface area contributed by atoms with Crippen molar-refractivity contribution in [3.8, 4) is 11.5 Å². The van der Waals surface area contributed by atoms with E-state index < -0.39 is 5.97 Å². The number of hydrogen-bond acceptors (Lipinski definition) is 6. The number of nitrogens with zero attached hydrogens (tertiary/aromatic N) is 2. The van der Waals surface area contributed by atoms with Gasteiger partial charge in [-0.15, -0.1) is 0 Å². The van der Waals surface area contributed by atoms with Gasteiger partial charge >= 0.3 is 5.97 Å². The van der Waals surface area contributed by atoms with E-state index in [-0.39, 0.29) is 23.3 Å². The number of rotatable bonds is 7. The summed E-state index contributed by atoms with van der Waals surface area (Å²) in [5.74, 6) is 0.264. The zero-order valence-corrected chi connectivity index (χ0v) is 21.3. The Hall–Kier alpha value is -2.37. The van der Waals surface area contributed by atoms with Gasteiger partial charge in [-0.25, -0.2) is 0 Å². The molecule has 1 aliphatic rings. The third-order valence-electron chi connectivity index (χ3n) is 4.58. The molecule has 1 heterocycles. The molecule has 0 N–H and O–H groups in total. The van der Waals surface area contributed by atoms with E-state index >= 15 is 0 Å². The molecule has 1 aliphatic heterocycles. The molecule has 2 aromatic rings. The van der Waals surface area contributed by atoms with E-state index in [2.05, 4.69) is 22.6 Å².